The summed E-state index contributed by atoms with van der Waals surface area (Å²) >= 11 is 0. The summed E-state index contributed by atoms with van der Waals surface area (Å²) in [5.74, 6) is 0.706. The Bertz CT molecular complexity index is 572. The van der Waals surface area contributed by atoms with Crippen molar-refractivity contribution in [1.29, 1.82) is 0 Å². The highest BCUT2D eigenvalue weighted by Crippen LogP contribution is 2.23. The Labute approximate surface area is 118 Å². The fourth-order valence-corrected chi connectivity index (χ4v) is 1.92. The molecule has 1 N–H and O–H groups in total. The van der Waals surface area contributed by atoms with Gasteiger partial charge in [-0.05, 0) is 25.1 Å². The van der Waals surface area contributed by atoms with E-state index in [4.69, 9.17) is 9.47 Å². The van der Waals surface area contributed by atoms with Crippen molar-refractivity contribution in [3.63, 3.8) is 0 Å². The van der Waals surface area contributed by atoms with Gasteiger partial charge >= 0.3 is 0 Å². The molecule has 0 saturated carbocycles. The minimum Gasteiger partial charge on any atom is -0.494 e. The van der Waals surface area contributed by atoms with Crippen LogP contribution in [0.2, 0.25) is 0 Å². The average Bonchev–Trinajstić information content (AvgIpc) is 2.47. The van der Waals surface area contributed by atoms with Crippen LogP contribution in [0.5, 0.6) is 11.5 Å². The molecule has 0 saturated heterocycles. The van der Waals surface area contributed by atoms with E-state index in [1.165, 1.54) is 13.2 Å². The van der Waals surface area contributed by atoms with Crippen molar-refractivity contribution in [2.75, 3.05) is 19.0 Å². The zero-order chi connectivity index (χ0) is 14.4. The van der Waals surface area contributed by atoms with Crippen LogP contribution in [-0.2, 0) is 6.54 Å². The zero-order valence-corrected chi connectivity index (χ0v) is 11.7. The molecule has 0 amide bonds. The van der Waals surface area contributed by atoms with Crippen LogP contribution in [0.1, 0.15) is 12.5 Å². The number of hydrogen-bond donors (Lipinski definition) is 1. The zero-order valence-electron chi connectivity index (χ0n) is 11.7. The van der Waals surface area contributed by atoms with Crippen molar-refractivity contribution < 1.29 is 13.9 Å². The van der Waals surface area contributed by atoms with Crippen LogP contribution in [0.4, 0.5) is 10.1 Å². The van der Waals surface area contributed by atoms with E-state index in [0.29, 0.717) is 18.8 Å². The lowest BCUT2D eigenvalue weighted by Crippen LogP contribution is -2.03. The first-order valence-corrected chi connectivity index (χ1v) is 6.52. The SMILES string of the molecule is CCOc1ccccc1CNc1ccc(OC)c(F)c1. The van der Waals surface area contributed by atoms with Gasteiger partial charge in [-0.1, -0.05) is 18.2 Å². The van der Waals surface area contributed by atoms with Crippen molar-refractivity contribution in [3.8, 4) is 11.5 Å². The van der Waals surface area contributed by atoms with Crippen molar-refractivity contribution in [1.82, 2.24) is 0 Å². The molecule has 0 atom stereocenters. The molecule has 0 aliphatic carbocycles. The van der Waals surface area contributed by atoms with E-state index in [1.807, 2.05) is 31.2 Å². The number of hydrogen-bond acceptors (Lipinski definition) is 3. The third kappa shape index (κ3) is 3.41. The van der Waals surface area contributed by atoms with Gasteiger partial charge in [-0.2, -0.15) is 0 Å². The second-order valence-corrected chi connectivity index (χ2v) is 4.24. The lowest BCUT2D eigenvalue weighted by Gasteiger charge is -2.12. The van der Waals surface area contributed by atoms with Gasteiger partial charge in [0.2, 0.25) is 0 Å². The Morgan fingerprint density at radius 3 is 2.60 bits per heavy atom. The number of methoxy groups -OCH3 is 1. The molecule has 0 unspecified atom stereocenters. The molecule has 0 radical (unpaired) electrons. The highest BCUT2D eigenvalue weighted by molar-refractivity contribution is 5.48. The smallest absolute Gasteiger partial charge is 0.167 e. The highest BCUT2D eigenvalue weighted by atomic mass is 19.1. The van der Waals surface area contributed by atoms with Gasteiger partial charge < -0.3 is 14.8 Å². The minimum absolute atomic E-state index is 0.241. The average molecular weight is 275 g/mol. The third-order valence-electron chi connectivity index (χ3n) is 2.91. The molecule has 2 rings (SSSR count). The second-order valence-electron chi connectivity index (χ2n) is 4.24. The summed E-state index contributed by atoms with van der Waals surface area (Å²) in [4.78, 5) is 0. The van der Waals surface area contributed by atoms with Crippen LogP contribution in [0.15, 0.2) is 42.5 Å². The van der Waals surface area contributed by atoms with Crippen LogP contribution >= 0.6 is 0 Å². The van der Waals surface area contributed by atoms with Gasteiger partial charge in [-0.25, -0.2) is 4.39 Å². The Kier molecular flexibility index (Phi) is 4.82. The summed E-state index contributed by atoms with van der Waals surface area (Å²) in [5.41, 5.74) is 1.74. The van der Waals surface area contributed by atoms with Crippen molar-refractivity contribution in [3.05, 3.63) is 53.8 Å². The Morgan fingerprint density at radius 2 is 1.90 bits per heavy atom. The molecule has 0 heterocycles. The van der Waals surface area contributed by atoms with E-state index in [2.05, 4.69) is 5.32 Å². The number of benzene rings is 2. The molecule has 0 spiro atoms. The van der Waals surface area contributed by atoms with E-state index < -0.39 is 0 Å². The molecule has 106 valence electrons. The molecular formula is C16H18FNO2. The van der Waals surface area contributed by atoms with Gasteiger partial charge in [0.1, 0.15) is 5.75 Å². The van der Waals surface area contributed by atoms with Gasteiger partial charge in [0.15, 0.2) is 11.6 Å². The maximum absolute atomic E-state index is 13.6. The third-order valence-corrected chi connectivity index (χ3v) is 2.91. The topological polar surface area (TPSA) is 30.5 Å². The summed E-state index contributed by atoms with van der Waals surface area (Å²) < 4.78 is 24.0. The van der Waals surface area contributed by atoms with E-state index in [0.717, 1.165) is 11.3 Å². The molecule has 2 aromatic rings. The van der Waals surface area contributed by atoms with Crippen LogP contribution in [0.25, 0.3) is 0 Å². The minimum atomic E-state index is -0.379. The summed E-state index contributed by atoms with van der Waals surface area (Å²) in [7, 11) is 1.45. The van der Waals surface area contributed by atoms with E-state index >= 15 is 0 Å². The maximum Gasteiger partial charge on any atom is 0.167 e. The second kappa shape index (κ2) is 6.80. The predicted octanol–water partition coefficient (Wildman–Crippen LogP) is 3.85. The Morgan fingerprint density at radius 1 is 1.10 bits per heavy atom. The summed E-state index contributed by atoms with van der Waals surface area (Å²) in [5, 5.41) is 3.18. The standard InChI is InChI=1S/C16H18FNO2/c1-3-20-15-7-5-4-6-12(15)11-18-13-8-9-16(19-2)14(17)10-13/h4-10,18H,3,11H2,1-2H3. The van der Waals surface area contributed by atoms with E-state index in [-0.39, 0.29) is 11.6 Å². The fraction of sp³-hybridized carbons (Fsp3) is 0.250. The number of anilines is 1. The summed E-state index contributed by atoms with van der Waals surface area (Å²) in [6, 6.07) is 12.6. The quantitative estimate of drug-likeness (QED) is 0.868. The lowest BCUT2D eigenvalue weighted by molar-refractivity contribution is 0.337. The first-order chi connectivity index (χ1) is 9.74. The molecule has 0 aliphatic rings. The van der Waals surface area contributed by atoms with E-state index in [1.54, 1.807) is 12.1 Å². The first-order valence-electron chi connectivity index (χ1n) is 6.52. The van der Waals surface area contributed by atoms with Gasteiger partial charge in [-0.3, -0.25) is 0 Å². The molecule has 2 aromatic carbocycles. The largest absolute Gasteiger partial charge is 0.494 e. The molecule has 4 heteroatoms. The summed E-state index contributed by atoms with van der Waals surface area (Å²) in [6.45, 7) is 3.14. The van der Waals surface area contributed by atoms with Gasteiger partial charge in [0, 0.05) is 23.9 Å². The molecule has 0 aliphatic heterocycles. The molecule has 20 heavy (non-hydrogen) atoms. The number of para-hydroxylation sites is 1. The van der Waals surface area contributed by atoms with Crippen molar-refractivity contribution in [2.24, 2.45) is 0 Å². The van der Waals surface area contributed by atoms with Crippen molar-refractivity contribution >= 4 is 5.69 Å². The predicted molar refractivity (Wildman–Crippen MR) is 77.9 cm³/mol. The number of rotatable bonds is 6. The first kappa shape index (κ1) is 14.2. The Balaban J connectivity index is 2.07. The maximum atomic E-state index is 13.6. The normalized spacial score (nSPS) is 10.2. The Hall–Kier alpha value is -2.23. The van der Waals surface area contributed by atoms with Gasteiger partial charge in [0.05, 0.1) is 13.7 Å². The van der Waals surface area contributed by atoms with Crippen molar-refractivity contribution in [2.45, 2.75) is 13.5 Å². The highest BCUT2D eigenvalue weighted by Gasteiger charge is 2.05. The monoisotopic (exact) mass is 275 g/mol. The van der Waals surface area contributed by atoms with Crippen LogP contribution in [-0.4, -0.2) is 13.7 Å². The van der Waals surface area contributed by atoms with Gasteiger partial charge in [0.25, 0.3) is 0 Å². The molecular weight excluding hydrogens is 257 g/mol. The number of nitrogens with one attached hydrogen (secondary N) is 1. The number of halogens is 1. The van der Waals surface area contributed by atoms with E-state index in [9.17, 15) is 4.39 Å². The van der Waals surface area contributed by atoms with Gasteiger partial charge in [-0.15, -0.1) is 0 Å². The molecule has 0 aromatic heterocycles. The lowest BCUT2D eigenvalue weighted by atomic mass is 10.2. The fourth-order valence-electron chi connectivity index (χ4n) is 1.92. The molecule has 3 nitrogen and oxygen atoms in total. The molecule has 0 fully saturated rings. The summed E-state index contributed by atoms with van der Waals surface area (Å²) in [6.07, 6.45) is 0. The molecule has 0 bridgehead atoms. The van der Waals surface area contributed by atoms with Crippen LogP contribution in [0, 0.1) is 5.82 Å². The van der Waals surface area contributed by atoms with Crippen LogP contribution in [0.3, 0.4) is 0 Å². The number of ether oxygens (including phenoxy) is 2. The van der Waals surface area contributed by atoms with Crippen LogP contribution < -0.4 is 14.8 Å².